The fourth-order valence-electron chi connectivity index (χ4n) is 2.55. The second kappa shape index (κ2) is 3.19. The predicted molar refractivity (Wildman–Crippen MR) is 64.8 cm³/mol. The number of benzene rings is 1. The van der Waals surface area contributed by atoms with Crippen LogP contribution in [0.5, 0.6) is 0 Å². The first-order valence-corrected chi connectivity index (χ1v) is 6.37. The summed E-state index contributed by atoms with van der Waals surface area (Å²) >= 11 is 0. The first-order valence-electron chi connectivity index (χ1n) is 6.37. The fraction of sp³-hybridized carbons (Fsp3) is 0.429. The Balaban J connectivity index is 1.73. The van der Waals surface area contributed by atoms with Crippen molar-refractivity contribution >= 4 is 0 Å². The molecule has 0 unspecified atom stereocenters. The minimum atomic E-state index is 0.116. The van der Waals surface area contributed by atoms with Gasteiger partial charge in [0.1, 0.15) is 5.82 Å². The number of aromatic amines is 1. The third-order valence-electron chi connectivity index (χ3n) is 3.97. The summed E-state index contributed by atoms with van der Waals surface area (Å²) in [4.78, 5) is 4.72. The minimum Gasteiger partial charge on any atom is -0.263 e. The standard InChI is InChI=1S/C14H15N3/c1-2-4-11(5-3-1)14(8-9-14)13-15-12(16-17-13)10-6-7-10/h1-5,10H,6-9H2,(H,15,16,17). The Kier molecular flexibility index (Phi) is 1.76. The van der Waals surface area contributed by atoms with Gasteiger partial charge in [0.05, 0.1) is 5.41 Å². The van der Waals surface area contributed by atoms with Crippen molar-refractivity contribution < 1.29 is 0 Å². The Morgan fingerprint density at radius 3 is 2.53 bits per heavy atom. The van der Waals surface area contributed by atoms with Crippen LogP contribution in [0.4, 0.5) is 0 Å². The summed E-state index contributed by atoms with van der Waals surface area (Å²) in [6.07, 6.45) is 4.90. The van der Waals surface area contributed by atoms with Crippen LogP contribution in [-0.2, 0) is 5.41 Å². The molecule has 86 valence electrons. The van der Waals surface area contributed by atoms with Crippen LogP contribution >= 0.6 is 0 Å². The molecule has 17 heavy (non-hydrogen) atoms. The number of hydrogen-bond acceptors (Lipinski definition) is 2. The lowest BCUT2D eigenvalue weighted by Crippen LogP contribution is -2.10. The van der Waals surface area contributed by atoms with Crippen molar-refractivity contribution in [2.45, 2.75) is 37.0 Å². The molecule has 2 fully saturated rings. The second-order valence-electron chi connectivity index (χ2n) is 5.27. The molecule has 4 rings (SSSR count). The van der Waals surface area contributed by atoms with Gasteiger partial charge in [0.25, 0.3) is 0 Å². The van der Waals surface area contributed by atoms with E-state index in [1.54, 1.807) is 0 Å². The molecule has 2 saturated carbocycles. The average molecular weight is 225 g/mol. The average Bonchev–Trinajstić information content (AvgIpc) is 3.31. The summed E-state index contributed by atoms with van der Waals surface area (Å²) < 4.78 is 0. The molecule has 0 saturated heterocycles. The molecule has 2 aliphatic rings. The lowest BCUT2D eigenvalue weighted by atomic mass is 9.95. The highest BCUT2D eigenvalue weighted by molar-refractivity contribution is 5.39. The van der Waals surface area contributed by atoms with Gasteiger partial charge < -0.3 is 0 Å². The van der Waals surface area contributed by atoms with Crippen molar-refractivity contribution in [2.75, 3.05) is 0 Å². The molecule has 3 nitrogen and oxygen atoms in total. The minimum absolute atomic E-state index is 0.116. The van der Waals surface area contributed by atoms with Gasteiger partial charge in [-0.2, -0.15) is 5.10 Å². The number of H-pyrrole nitrogens is 1. The van der Waals surface area contributed by atoms with Crippen LogP contribution in [0.25, 0.3) is 0 Å². The molecule has 0 atom stereocenters. The molecule has 1 heterocycles. The number of aromatic nitrogens is 3. The summed E-state index contributed by atoms with van der Waals surface area (Å²) in [7, 11) is 0. The highest BCUT2D eigenvalue weighted by Gasteiger charge is 2.49. The Labute approximate surface area is 100 Å². The molecule has 0 amide bonds. The summed E-state index contributed by atoms with van der Waals surface area (Å²) in [6.45, 7) is 0. The van der Waals surface area contributed by atoms with Gasteiger partial charge in [-0.3, -0.25) is 5.10 Å². The van der Waals surface area contributed by atoms with E-state index in [1.165, 1.54) is 31.2 Å². The van der Waals surface area contributed by atoms with Crippen molar-refractivity contribution in [3.05, 3.63) is 47.5 Å². The SMILES string of the molecule is c1ccc(C2(c3n[nH]c(C4CC4)n3)CC2)cc1. The van der Waals surface area contributed by atoms with Crippen LogP contribution in [0.3, 0.4) is 0 Å². The smallest absolute Gasteiger partial charge is 0.161 e. The van der Waals surface area contributed by atoms with E-state index in [0.29, 0.717) is 5.92 Å². The number of nitrogens with one attached hydrogen (secondary N) is 1. The van der Waals surface area contributed by atoms with Gasteiger partial charge in [0, 0.05) is 5.92 Å². The maximum absolute atomic E-state index is 4.72. The van der Waals surface area contributed by atoms with Crippen molar-refractivity contribution in [2.24, 2.45) is 0 Å². The fourth-order valence-corrected chi connectivity index (χ4v) is 2.55. The number of hydrogen-bond donors (Lipinski definition) is 1. The Morgan fingerprint density at radius 1 is 1.12 bits per heavy atom. The van der Waals surface area contributed by atoms with E-state index in [9.17, 15) is 0 Å². The van der Waals surface area contributed by atoms with Crippen LogP contribution in [0.2, 0.25) is 0 Å². The molecule has 0 radical (unpaired) electrons. The molecule has 0 bridgehead atoms. The van der Waals surface area contributed by atoms with Crippen LogP contribution in [0.15, 0.2) is 30.3 Å². The first kappa shape index (κ1) is 9.40. The monoisotopic (exact) mass is 225 g/mol. The van der Waals surface area contributed by atoms with Crippen molar-refractivity contribution in [1.29, 1.82) is 0 Å². The van der Waals surface area contributed by atoms with Crippen molar-refractivity contribution in [3.63, 3.8) is 0 Å². The zero-order valence-electron chi connectivity index (χ0n) is 9.69. The van der Waals surface area contributed by atoms with E-state index >= 15 is 0 Å². The van der Waals surface area contributed by atoms with Gasteiger partial charge in [-0.15, -0.1) is 0 Å². The summed E-state index contributed by atoms with van der Waals surface area (Å²) in [5.74, 6) is 2.76. The van der Waals surface area contributed by atoms with Crippen LogP contribution in [0.1, 0.15) is 48.8 Å². The molecule has 1 aromatic carbocycles. The molecule has 0 aliphatic heterocycles. The lowest BCUT2D eigenvalue weighted by molar-refractivity contribution is 0.760. The molecule has 2 aromatic rings. The molecule has 1 aromatic heterocycles. The summed E-state index contributed by atoms with van der Waals surface area (Å²) in [6, 6.07) is 10.7. The van der Waals surface area contributed by atoms with Crippen LogP contribution in [0, 0.1) is 0 Å². The Morgan fingerprint density at radius 2 is 1.88 bits per heavy atom. The van der Waals surface area contributed by atoms with E-state index in [2.05, 4.69) is 40.5 Å². The number of nitrogens with zero attached hydrogens (tertiary/aromatic N) is 2. The van der Waals surface area contributed by atoms with Gasteiger partial charge in [-0.1, -0.05) is 30.3 Å². The predicted octanol–water partition coefficient (Wildman–Crippen LogP) is 2.76. The maximum Gasteiger partial charge on any atom is 0.161 e. The molecule has 1 N–H and O–H groups in total. The molecular formula is C14H15N3. The van der Waals surface area contributed by atoms with Crippen LogP contribution < -0.4 is 0 Å². The van der Waals surface area contributed by atoms with Gasteiger partial charge in [0.15, 0.2) is 5.82 Å². The van der Waals surface area contributed by atoms with Crippen LogP contribution in [-0.4, -0.2) is 15.2 Å². The quantitative estimate of drug-likeness (QED) is 0.872. The van der Waals surface area contributed by atoms with E-state index in [4.69, 9.17) is 4.98 Å². The highest BCUT2D eigenvalue weighted by Crippen LogP contribution is 2.52. The normalized spacial score (nSPS) is 21.4. The van der Waals surface area contributed by atoms with Gasteiger partial charge in [-0.05, 0) is 31.2 Å². The molecule has 3 heteroatoms. The zero-order valence-corrected chi connectivity index (χ0v) is 9.69. The zero-order chi connectivity index (χ0) is 11.3. The lowest BCUT2D eigenvalue weighted by Gasteiger charge is -2.10. The number of rotatable bonds is 3. The van der Waals surface area contributed by atoms with Crippen molar-refractivity contribution in [3.8, 4) is 0 Å². The summed E-state index contributed by atoms with van der Waals surface area (Å²) in [5.41, 5.74) is 1.48. The van der Waals surface area contributed by atoms with E-state index in [-0.39, 0.29) is 5.41 Å². The van der Waals surface area contributed by atoms with Gasteiger partial charge in [-0.25, -0.2) is 4.98 Å². The largest absolute Gasteiger partial charge is 0.263 e. The molecule has 2 aliphatic carbocycles. The highest BCUT2D eigenvalue weighted by atomic mass is 15.2. The third kappa shape index (κ3) is 1.42. The maximum atomic E-state index is 4.72. The topological polar surface area (TPSA) is 41.6 Å². The van der Waals surface area contributed by atoms with Gasteiger partial charge in [0.2, 0.25) is 0 Å². The summed E-state index contributed by atoms with van der Waals surface area (Å²) in [5, 5.41) is 7.57. The van der Waals surface area contributed by atoms with Crippen molar-refractivity contribution in [1.82, 2.24) is 15.2 Å². The molecular weight excluding hydrogens is 210 g/mol. The van der Waals surface area contributed by atoms with E-state index in [1.807, 2.05) is 0 Å². The first-order chi connectivity index (χ1) is 8.38. The third-order valence-corrected chi connectivity index (χ3v) is 3.97. The Bertz CT molecular complexity index is 536. The second-order valence-corrected chi connectivity index (χ2v) is 5.27. The van der Waals surface area contributed by atoms with Gasteiger partial charge >= 0.3 is 0 Å². The molecule has 0 spiro atoms. The van der Waals surface area contributed by atoms with E-state index < -0.39 is 0 Å². The van der Waals surface area contributed by atoms with E-state index in [0.717, 1.165) is 11.6 Å². The Hall–Kier alpha value is -1.64.